The Balaban J connectivity index is 2.43. The fraction of sp³-hybridized carbons (Fsp3) is 0. The van der Waals surface area contributed by atoms with Crippen LogP contribution in [0.5, 0.6) is 0 Å². The van der Waals surface area contributed by atoms with Crippen molar-refractivity contribution in [1.29, 1.82) is 0 Å². The number of halogens is 1. The van der Waals surface area contributed by atoms with Gasteiger partial charge in [-0.2, -0.15) is 5.10 Å². The molecule has 70 valence electrons. The monoisotopic (exact) mass is 206 g/mol. The van der Waals surface area contributed by atoms with Gasteiger partial charge in [-0.15, -0.1) is 0 Å². The number of nitrogens with zero attached hydrogens (tertiary/aromatic N) is 2. The van der Waals surface area contributed by atoms with Gasteiger partial charge in [0, 0.05) is 5.56 Å². The Morgan fingerprint density at radius 3 is 2.43 bits per heavy atom. The maximum absolute atomic E-state index is 10.4. The lowest BCUT2D eigenvalue weighted by Crippen LogP contribution is -1.95. The fourth-order valence-electron chi connectivity index (χ4n) is 1.17. The molecule has 14 heavy (non-hydrogen) atoms. The molecule has 2 rings (SSSR count). The van der Waals surface area contributed by atoms with E-state index in [0.29, 0.717) is 10.7 Å². The molecule has 0 atom stereocenters. The summed E-state index contributed by atoms with van der Waals surface area (Å²) in [6.45, 7) is 0. The van der Waals surface area contributed by atoms with Crippen LogP contribution in [0.3, 0.4) is 0 Å². The van der Waals surface area contributed by atoms with Gasteiger partial charge in [0.05, 0.1) is 11.9 Å². The van der Waals surface area contributed by atoms with Gasteiger partial charge in [-0.3, -0.25) is 4.79 Å². The summed E-state index contributed by atoms with van der Waals surface area (Å²) in [4.78, 5) is 10.4. The van der Waals surface area contributed by atoms with Gasteiger partial charge < -0.3 is 0 Å². The van der Waals surface area contributed by atoms with Crippen molar-refractivity contribution in [2.24, 2.45) is 0 Å². The highest BCUT2D eigenvalue weighted by molar-refractivity contribution is 6.29. The highest BCUT2D eigenvalue weighted by atomic mass is 35.5. The van der Waals surface area contributed by atoms with Crippen molar-refractivity contribution >= 4 is 17.9 Å². The third-order valence-corrected chi connectivity index (χ3v) is 2.16. The quantitative estimate of drug-likeness (QED) is 0.707. The van der Waals surface area contributed by atoms with E-state index in [1.807, 2.05) is 0 Å². The SMILES string of the molecule is O=Cc1ccc(-n2nccc2Cl)cc1. The van der Waals surface area contributed by atoms with E-state index in [9.17, 15) is 4.79 Å². The number of hydrogen-bond donors (Lipinski definition) is 0. The summed E-state index contributed by atoms with van der Waals surface area (Å²) < 4.78 is 1.59. The molecular formula is C10H7ClN2O. The van der Waals surface area contributed by atoms with Crippen LogP contribution in [0.2, 0.25) is 5.15 Å². The minimum Gasteiger partial charge on any atom is -0.298 e. The number of hydrogen-bond acceptors (Lipinski definition) is 2. The standard InChI is InChI=1S/C10H7ClN2O/c11-10-5-6-12-13(10)9-3-1-8(7-14)2-4-9/h1-7H. The van der Waals surface area contributed by atoms with Gasteiger partial charge in [0.2, 0.25) is 0 Å². The second-order valence-electron chi connectivity index (χ2n) is 2.78. The number of rotatable bonds is 2. The number of carbonyl (C=O) groups excluding carboxylic acids is 1. The summed E-state index contributed by atoms with van der Waals surface area (Å²) >= 11 is 5.88. The first-order valence-electron chi connectivity index (χ1n) is 4.06. The molecule has 0 saturated carbocycles. The first-order valence-corrected chi connectivity index (χ1v) is 4.44. The Bertz CT molecular complexity index is 447. The molecule has 4 heteroatoms. The van der Waals surface area contributed by atoms with Crippen molar-refractivity contribution in [2.75, 3.05) is 0 Å². The summed E-state index contributed by atoms with van der Waals surface area (Å²) in [5.41, 5.74) is 1.47. The van der Waals surface area contributed by atoms with E-state index < -0.39 is 0 Å². The number of aromatic nitrogens is 2. The van der Waals surface area contributed by atoms with Crippen LogP contribution in [0, 0.1) is 0 Å². The van der Waals surface area contributed by atoms with Crippen LogP contribution in [0.15, 0.2) is 36.5 Å². The fourth-order valence-corrected chi connectivity index (χ4v) is 1.37. The van der Waals surface area contributed by atoms with E-state index in [0.717, 1.165) is 12.0 Å². The summed E-state index contributed by atoms with van der Waals surface area (Å²) in [5.74, 6) is 0. The zero-order valence-corrected chi connectivity index (χ0v) is 7.98. The molecule has 0 aliphatic rings. The molecule has 1 aromatic carbocycles. The maximum Gasteiger partial charge on any atom is 0.150 e. The lowest BCUT2D eigenvalue weighted by atomic mass is 10.2. The number of benzene rings is 1. The van der Waals surface area contributed by atoms with Crippen LogP contribution >= 0.6 is 11.6 Å². The van der Waals surface area contributed by atoms with Gasteiger partial charge >= 0.3 is 0 Å². The van der Waals surface area contributed by atoms with Gasteiger partial charge in [0.25, 0.3) is 0 Å². The van der Waals surface area contributed by atoms with Crippen LogP contribution in [-0.4, -0.2) is 16.1 Å². The Labute approximate surface area is 85.9 Å². The topological polar surface area (TPSA) is 34.9 Å². The van der Waals surface area contributed by atoms with E-state index >= 15 is 0 Å². The normalized spacial score (nSPS) is 10.1. The van der Waals surface area contributed by atoms with Crippen molar-refractivity contribution in [3.05, 3.63) is 47.2 Å². The average Bonchev–Trinajstić information content (AvgIpc) is 2.65. The molecule has 0 spiro atoms. The number of carbonyl (C=O) groups is 1. The van der Waals surface area contributed by atoms with E-state index in [-0.39, 0.29) is 0 Å². The van der Waals surface area contributed by atoms with E-state index in [4.69, 9.17) is 11.6 Å². The van der Waals surface area contributed by atoms with Crippen LogP contribution in [-0.2, 0) is 0 Å². The molecule has 0 fully saturated rings. The zero-order chi connectivity index (χ0) is 9.97. The molecule has 0 N–H and O–H groups in total. The molecule has 0 aliphatic heterocycles. The Morgan fingerprint density at radius 2 is 1.93 bits per heavy atom. The highest BCUT2D eigenvalue weighted by Gasteiger charge is 2.01. The minimum absolute atomic E-state index is 0.545. The molecule has 3 nitrogen and oxygen atoms in total. The van der Waals surface area contributed by atoms with Gasteiger partial charge in [0.1, 0.15) is 11.4 Å². The molecular weight excluding hydrogens is 200 g/mol. The van der Waals surface area contributed by atoms with Crippen molar-refractivity contribution in [1.82, 2.24) is 9.78 Å². The summed E-state index contributed by atoms with van der Waals surface area (Å²) in [6, 6.07) is 8.74. The second kappa shape index (κ2) is 3.64. The van der Waals surface area contributed by atoms with Gasteiger partial charge in [-0.05, 0) is 30.3 Å². The Kier molecular flexibility index (Phi) is 2.33. The third kappa shape index (κ3) is 1.54. The molecule has 0 amide bonds. The zero-order valence-electron chi connectivity index (χ0n) is 7.22. The second-order valence-corrected chi connectivity index (χ2v) is 3.16. The van der Waals surface area contributed by atoms with Crippen molar-refractivity contribution in [3.8, 4) is 5.69 Å². The molecule has 0 unspecified atom stereocenters. The average molecular weight is 207 g/mol. The maximum atomic E-state index is 10.4. The largest absolute Gasteiger partial charge is 0.298 e. The van der Waals surface area contributed by atoms with Crippen molar-refractivity contribution in [3.63, 3.8) is 0 Å². The Morgan fingerprint density at radius 1 is 1.21 bits per heavy atom. The smallest absolute Gasteiger partial charge is 0.150 e. The predicted molar refractivity (Wildman–Crippen MR) is 54.0 cm³/mol. The van der Waals surface area contributed by atoms with Crippen molar-refractivity contribution < 1.29 is 4.79 Å². The van der Waals surface area contributed by atoms with Crippen LogP contribution in [0.4, 0.5) is 0 Å². The lowest BCUT2D eigenvalue weighted by Gasteiger charge is -2.02. The highest BCUT2D eigenvalue weighted by Crippen LogP contribution is 2.14. The molecule has 2 aromatic rings. The first-order chi connectivity index (χ1) is 6.81. The van der Waals surface area contributed by atoms with Crippen LogP contribution in [0.25, 0.3) is 5.69 Å². The van der Waals surface area contributed by atoms with Gasteiger partial charge in [0.15, 0.2) is 0 Å². The van der Waals surface area contributed by atoms with Crippen molar-refractivity contribution in [2.45, 2.75) is 0 Å². The molecule has 1 aromatic heterocycles. The Hall–Kier alpha value is -1.61. The first kappa shape index (κ1) is 8.97. The van der Waals surface area contributed by atoms with E-state index in [2.05, 4.69) is 5.10 Å². The molecule has 0 radical (unpaired) electrons. The molecule has 0 saturated heterocycles. The summed E-state index contributed by atoms with van der Waals surface area (Å²) in [5, 5.41) is 4.58. The van der Waals surface area contributed by atoms with Crippen LogP contribution in [0.1, 0.15) is 10.4 Å². The number of aldehydes is 1. The molecule has 0 aliphatic carbocycles. The molecule has 0 bridgehead atoms. The molecule has 1 heterocycles. The third-order valence-electron chi connectivity index (χ3n) is 1.87. The van der Waals surface area contributed by atoms with E-state index in [1.165, 1.54) is 0 Å². The van der Waals surface area contributed by atoms with Crippen LogP contribution < -0.4 is 0 Å². The van der Waals surface area contributed by atoms with E-state index in [1.54, 1.807) is 41.2 Å². The summed E-state index contributed by atoms with van der Waals surface area (Å²) in [6.07, 6.45) is 2.42. The van der Waals surface area contributed by atoms with Gasteiger partial charge in [-0.1, -0.05) is 11.6 Å². The minimum atomic E-state index is 0.545. The predicted octanol–water partition coefficient (Wildman–Crippen LogP) is 2.34. The summed E-state index contributed by atoms with van der Waals surface area (Å²) in [7, 11) is 0. The lowest BCUT2D eigenvalue weighted by molar-refractivity contribution is 0.112. The van der Waals surface area contributed by atoms with Gasteiger partial charge in [-0.25, -0.2) is 4.68 Å².